The van der Waals surface area contributed by atoms with Crippen molar-refractivity contribution < 1.29 is 9.72 Å². The zero-order valence-corrected chi connectivity index (χ0v) is 14.7. The molecule has 3 aromatic rings. The van der Waals surface area contributed by atoms with Gasteiger partial charge >= 0.3 is 0 Å². The highest BCUT2D eigenvalue weighted by atomic mass is 16.6. The van der Waals surface area contributed by atoms with Gasteiger partial charge in [-0.05, 0) is 36.3 Å². The lowest BCUT2D eigenvalue weighted by atomic mass is 10.2. The van der Waals surface area contributed by atoms with Gasteiger partial charge in [0.25, 0.3) is 5.69 Å². The molecule has 0 saturated heterocycles. The first-order chi connectivity index (χ1) is 13.0. The van der Waals surface area contributed by atoms with E-state index in [1.54, 1.807) is 29.0 Å². The molecule has 1 heterocycles. The quantitative estimate of drug-likeness (QED) is 0.410. The third-order valence-electron chi connectivity index (χ3n) is 3.86. The van der Waals surface area contributed by atoms with Gasteiger partial charge in [0.15, 0.2) is 0 Å². The van der Waals surface area contributed by atoms with E-state index in [1.165, 1.54) is 18.2 Å². The zero-order valence-electron chi connectivity index (χ0n) is 14.7. The summed E-state index contributed by atoms with van der Waals surface area (Å²) < 4.78 is 1.74. The molecular formula is C20H18N4O3. The summed E-state index contributed by atoms with van der Waals surface area (Å²) in [4.78, 5) is 22.4. The molecular weight excluding hydrogens is 344 g/mol. The molecule has 7 heteroatoms. The normalized spacial score (nSPS) is 10.9. The molecule has 1 amide bonds. The molecule has 3 rings (SSSR count). The van der Waals surface area contributed by atoms with Crippen LogP contribution >= 0.6 is 0 Å². The lowest BCUT2D eigenvalue weighted by Crippen LogP contribution is -2.13. The van der Waals surface area contributed by atoms with Gasteiger partial charge in [-0.2, -0.15) is 5.10 Å². The number of amides is 1. The van der Waals surface area contributed by atoms with E-state index in [-0.39, 0.29) is 11.6 Å². The first kappa shape index (κ1) is 18.1. The topological polar surface area (TPSA) is 90.1 Å². The molecule has 136 valence electrons. The van der Waals surface area contributed by atoms with Crippen LogP contribution in [0.1, 0.15) is 16.8 Å². The average molecular weight is 362 g/mol. The molecule has 0 aliphatic carbocycles. The third-order valence-corrected chi connectivity index (χ3v) is 3.86. The number of aryl methyl sites for hydroxylation is 1. The molecule has 0 radical (unpaired) electrons. The second kappa shape index (κ2) is 8.09. The van der Waals surface area contributed by atoms with E-state index in [2.05, 4.69) is 10.4 Å². The number of nitrogens with one attached hydrogen (secondary N) is 1. The molecule has 1 N–H and O–H groups in total. The van der Waals surface area contributed by atoms with Gasteiger partial charge in [0.1, 0.15) is 5.82 Å². The van der Waals surface area contributed by atoms with E-state index in [0.29, 0.717) is 17.9 Å². The van der Waals surface area contributed by atoms with Crippen LogP contribution in [0.2, 0.25) is 0 Å². The summed E-state index contributed by atoms with van der Waals surface area (Å²) in [6, 6.07) is 17.6. The molecule has 0 unspecified atom stereocenters. The van der Waals surface area contributed by atoms with Crippen molar-refractivity contribution in [2.45, 2.75) is 13.5 Å². The summed E-state index contributed by atoms with van der Waals surface area (Å²) in [6.45, 7) is 2.42. The Morgan fingerprint density at radius 2 is 1.89 bits per heavy atom. The number of nitro benzene ring substituents is 1. The summed E-state index contributed by atoms with van der Waals surface area (Å²) in [5.41, 5.74) is 2.60. The van der Waals surface area contributed by atoms with Gasteiger partial charge in [0.05, 0.1) is 17.2 Å². The van der Waals surface area contributed by atoms with Gasteiger partial charge < -0.3 is 5.32 Å². The van der Waals surface area contributed by atoms with Gasteiger partial charge in [-0.1, -0.05) is 30.3 Å². The number of aromatic nitrogens is 2. The largest absolute Gasteiger partial charge is 0.307 e. The number of carbonyl (C=O) groups is 1. The molecule has 0 aliphatic rings. The van der Waals surface area contributed by atoms with Crippen LogP contribution in [0.3, 0.4) is 0 Å². The molecule has 0 atom stereocenters. The standard InChI is InChI=1S/C20H18N4O3/c1-15-13-19(23(22-15)14-17-5-3-2-4-6-17)21-20(25)12-9-16-7-10-18(11-8-16)24(26)27/h2-13H,14H2,1H3,(H,21,25)/b12-9+. The van der Waals surface area contributed by atoms with Crippen LogP contribution in [-0.4, -0.2) is 20.6 Å². The van der Waals surface area contributed by atoms with Crippen molar-refractivity contribution in [1.82, 2.24) is 9.78 Å². The van der Waals surface area contributed by atoms with Crippen molar-refractivity contribution in [3.63, 3.8) is 0 Å². The number of carbonyl (C=O) groups excluding carboxylic acids is 1. The Hall–Kier alpha value is -3.74. The summed E-state index contributed by atoms with van der Waals surface area (Å²) >= 11 is 0. The van der Waals surface area contributed by atoms with Gasteiger partial charge in [0, 0.05) is 24.3 Å². The van der Waals surface area contributed by atoms with Crippen molar-refractivity contribution in [2.75, 3.05) is 5.32 Å². The van der Waals surface area contributed by atoms with E-state index in [0.717, 1.165) is 11.3 Å². The van der Waals surface area contributed by atoms with Crippen LogP contribution in [0, 0.1) is 17.0 Å². The van der Waals surface area contributed by atoms with E-state index >= 15 is 0 Å². The molecule has 27 heavy (non-hydrogen) atoms. The maximum Gasteiger partial charge on any atom is 0.269 e. The number of rotatable bonds is 6. The molecule has 0 aliphatic heterocycles. The van der Waals surface area contributed by atoms with Crippen LogP contribution in [0.25, 0.3) is 6.08 Å². The first-order valence-electron chi connectivity index (χ1n) is 8.33. The van der Waals surface area contributed by atoms with Crippen molar-refractivity contribution >= 4 is 23.5 Å². The second-order valence-electron chi connectivity index (χ2n) is 5.99. The van der Waals surface area contributed by atoms with Crippen molar-refractivity contribution in [3.8, 4) is 0 Å². The number of hydrogen-bond acceptors (Lipinski definition) is 4. The molecule has 0 saturated carbocycles. The van der Waals surface area contributed by atoms with E-state index in [9.17, 15) is 14.9 Å². The Bertz CT molecular complexity index is 976. The van der Waals surface area contributed by atoms with Crippen LogP contribution < -0.4 is 5.32 Å². The van der Waals surface area contributed by atoms with Crippen molar-refractivity contribution in [3.05, 3.63) is 93.7 Å². The van der Waals surface area contributed by atoms with Gasteiger partial charge in [-0.25, -0.2) is 4.68 Å². The molecule has 0 bridgehead atoms. The van der Waals surface area contributed by atoms with Crippen LogP contribution in [0.4, 0.5) is 11.5 Å². The van der Waals surface area contributed by atoms with Crippen molar-refractivity contribution in [2.24, 2.45) is 0 Å². The van der Waals surface area contributed by atoms with E-state index < -0.39 is 4.92 Å². The van der Waals surface area contributed by atoms with Gasteiger partial charge in [-0.3, -0.25) is 14.9 Å². The Labute approximate surface area is 156 Å². The number of nitro groups is 1. The van der Waals surface area contributed by atoms with Gasteiger partial charge in [-0.15, -0.1) is 0 Å². The molecule has 0 fully saturated rings. The van der Waals surface area contributed by atoms with E-state index in [4.69, 9.17) is 0 Å². The monoisotopic (exact) mass is 362 g/mol. The minimum atomic E-state index is -0.462. The smallest absolute Gasteiger partial charge is 0.269 e. The lowest BCUT2D eigenvalue weighted by Gasteiger charge is -2.07. The fourth-order valence-corrected chi connectivity index (χ4v) is 2.57. The van der Waals surface area contributed by atoms with Crippen molar-refractivity contribution in [1.29, 1.82) is 0 Å². The summed E-state index contributed by atoms with van der Waals surface area (Å²) in [7, 11) is 0. The minimum absolute atomic E-state index is 0.0110. The van der Waals surface area contributed by atoms with E-state index in [1.807, 2.05) is 37.3 Å². The Morgan fingerprint density at radius 1 is 1.19 bits per heavy atom. The average Bonchev–Trinajstić information content (AvgIpc) is 3.00. The number of nitrogens with zero attached hydrogens (tertiary/aromatic N) is 3. The predicted molar refractivity (Wildman–Crippen MR) is 103 cm³/mol. The lowest BCUT2D eigenvalue weighted by molar-refractivity contribution is -0.384. The predicted octanol–water partition coefficient (Wildman–Crippen LogP) is 3.80. The number of benzene rings is 2. The first-order valence-corrected chi connectivity index (χ1v) is 8.33. The maximum atomic E-state index is 12.2. The molecule has 2 aromatic carbocycles. The van der Waals surface area contributed by atoms with Crippen LogP contribution in [0.5, 0.6) is 0 Å². The Balaban J connectivity index is 1.68. The fraction of sp³-hybridized carbons (Fsp3) is 0.100. The van der Waals surface area contributed by atoms with Gasteiger partial charge in [0.2, 0.25) is 5.91 Å². The second-order valence-corrected chi connectivity index (χ2v) is 5.99. The minimum Gasteiger partial charge on any atom is -0.307 e. The fourth-order valence-electron chi connectivity index (χ4n) is 2.57. The molecule has 1 aromatic heterocycles. The highest BCUT2D eigenvalue weighted by Gasteiger charge is 2.08. The summed E-state index contributed by atoms with van der Waals surface area (Å²) in [5, 5.41) is 17.9. The zero-order chi connectivity index (χ0) is 19.2. The highest BCUT2D eigenvalue weighted by molar-refractivity contribution is 6.01. The third kappa shape index (κ3) is 4.88. The Morgan fingerprint density at radius 3 is 2.56 bits per heavy atom. The SMILES string of the molecule is Cc1cc(NC(=O)/C=C/c2ccc([N+](=O)[O-])cc2)n(Cc2ccccc2)n1. The number of hydrogen-bond donors (Lipinski definition) is 1. The molecule has 0 spiro atoms. The summed E-state index contributed by atoms with van der Waals surface area (Å²) in [5.74, 6) is 0.303. The van der Waals surface area contributed by atoms with Crippen LogP contribution in [0.15, 0.2) is 66.7 Å². The summed E-state index contributed by atoms with van der Waals surface area (Å²) in [6.07, 6.45) is 2.99. The molecule has 7 nitrogen and oxygen atoms in total. The maximum absolute atomic E-state index is 12.2. The number of anilines is 1. The van der Waals surface area contributed by atoms with Crippen LogP contribution in [-0.2, 0) is 11.3 Å². The Kier molecular flexibility index (Phi) is 5.41. The number of non-ortho nitro benzene ring substituents is 1. The highest BCUT2D eigenvalue weighted by Crippen LogP contribution is 2.15.